The number of ether oxygens (including phenoxy) is 3. The number of aliphatic hydroxyl groups excluding tert-OH is 3. The molecule has 0 bridgehead atoms. The molecule has 3 N–H and O–H groups in total. The Bertz CT molecular complexity index is 680. The van der Waals surface area contributed by atoms with Gasteiger partial charge < -0.3 is 29.5 Å². The van der Waals surface area contributed by atoms with E-state index < -0.39 is 36.8 Å². The van der Waals surface area contributed by atoms with Crippen LogP contribution in [-0.4, -0.2) is 59.6 Å². The summed E-state index contributed by atoms with van der Waals surface area (Å²) < 4.78 is 16.9. The molecule has 0 spiro atoms. The molecule has 0 aliphatic carbocycles. The Morgan fingerprint density at radius 2 is 1.67 bits per heavy atom. The molecular weight excluding hydrogens is 348 g/mol. The van der Waals surface area contributed by atoms with Crippen LogP contribution in [0.4, 0.5) is 0 Å². The van der Waals surface area contributed by atoms with Gasteiger partial charge in [-0.25, -0.2) is 0 Å². The first-order valence-corrected chi connectivity index (χ1v) is 9.03. The summed E-state index contributed by atoms with van der Waals surface area (Å²) in [5.74, 6) is 0. The maximum absolute atomic E-state index is 10.7. The first-order chi connectivity index (χ1) is 13.1. The fourth-order valence-corrected chi connectivity index (χ4v) is 3.30. The number of rotatable bonds is 7. The molecule has 3 rings (SSSR count). The minimum Gasteiger partial charge on any atom is -0.390 e. The molecule has 0 saturated carbocycles. The minimum absolute atomic E-state index is 0.0472. The second-order valence-electron chi connectivity index (χ2n) is 6.69. The van der Waals surface area contributed by atoms with Gasteiger partial charge in [0.1, 0.15) is 24.4 Å². The van der Waals surface area contributed by atoms with Crippen molar-refractivity contribution in [2.24, 2.45) is 0 Å². The lowest BCUT2D eigenvalue weighted by atomic mass is 9.94. The van der Waals surface area contributed by atoms with Crippen LogP contribution < -0.4 is 0 Å². The molecule has 27 heavy (non-hydrogen) atoms. The first-order valence-electron chi connectivity index (χ1n) is 9.03. The lowest BCUT2D eigenvalue weighted by molar-refractivity contribution is -0.289. The van der Waals surface area contributed by atoms with E-state index in [0.29, 0.717) is 0 Å². The fourth-order valence-electron chi connectivity index (χ4n) is 3.30. The third-order valence-corrected chi connectivity index (χ3v) is 4.76. The quantitative estimate of drug-likeness (QED) is 0.680. The third kappa shape index (κ3) is 4.93. The zero-order valence-corrected chi connectivity index (χ0v) is 15.2. The lowest BCUT2D eigenvalue weighted by Gasteiger charge is -2.40. The number of methoxy groups -OCH3 is 1. The van der Waals surface area contributed by atoms with Crippen LogP contribution in [0.15, 0.2) is 60.7 Å². The van der Waals surface area contributed by atoms with Gasteiger partial charge in [-0.05, 0) is 5.56 Å². The number of benzene rings is 2. The zero-order chi connectivity index (χ0) is 19.2. The summed E-state index contributed by atoms with van der Waals surface area (Å²) in [5, 5.41) is 31.5. The van der Waals surface area contributed by atoms with Crippen molar-refractivity contribution in [1.82, 2.24) is 0 Å². The van der Waals surface area contributed by atoms with Crippen LogP contribution >= 0.6 is 0 Å². The number of hydrogen-bond acceptors (Lipinski definition) is 6. The summed E-state index contributed by atoms with van der Waals surface area (Å²) in [6.45, 7) is 0.0472. The second kappa shape index (κ2) is 9.41. The lowest BCUT2D eigenvalue weighted by Crippen LogP contribution is -2.55. The Kier molecular flexibility index (Phi) is 6.95. The number of aliphatic hydroxyl groups is 3. The van der Waals surface area contributed by atoms with Crippen molar-refractivity contribution in [3.63, 3.8) is 0 Å². The molecule has 0 radical (unpaired) electrons. The van der Waals surface area contributed by atoms with E-state index in [1.807, 2.05) is 60.7 Å². The molecule has 0 amide bonds. The molecule has 146 valence electrons. The van der Waals surface area contributed by atoms with Gasteiger partial charge in [0.05, 0.1) is 12.7 Å². The standard InChI is InChI=1S/C21H26O6/c1-25-20(18(24)16(22)12-14-8-4-2-5-9-14)19-17(23)13-26-21(27-19)15-10-6-3-7-11-15/h2-11,16-24H,12-13H2,1H3/t16?,17-,18-,19-,20+,21-/m1/s1. The van der Waals surface area contributed by atoms with Crippen molar-refractivity contribution in [2.45, 2.75) is 43.2 Å². The average Bonchev–Trinajstić information content (AvgIpc) is 2.71. The largest absolute Gasteiger partial charge is 0.390 e. The van der Waals surface area contributed by atoms with Gasteiger partial charge >= 0.3 is 0 Å². The van der Waals surface area contributed by atoms with E-state index in [9.17, 15) is 15.3 Å². The maximum atomic E-state index is 10.7. The van der Waals surface area contributed by atoms with Gasteiger partial charge in [-0.2, -0.15) is 0 Å². The number of hydrogen-bond donors (Lipinski definition) is 3. The van der Waals surface area contributed by atoms with E-state index in [4.69, 9.17) is 14.2 Å². The SMILES string of the molecule is CO[C@H]([C@@H]1O[C@H](c2ccccc2)OC[C@H]1O)[C@H](O)C(O)Cc1ccccc1. The fraction of sp³-hybridized carbons (Fsp3) is 0.429. The van der Waals surface area contributed by atoms with Crippen molar-refractivity contribution in [1.29, 1.82) is 0 Å². The molecule has 2 aromatic rings. The third-order valence-electron chi connectivity index (χ3n) is 4.76. The van der Waals surface area contributed by atoms with Crippen molar-refractivity contribution in [3.05, 3.63) is 71.8 Å². The predicted octanol–water partition coefficient (Wildman–Crippen LogP) is 1.44. The van der Waals surface area contributed by atoms with E-state index in [1.165, 1.54) is 7.11 Å². The molecule has 1 aliphatic heterocycles. The van der Waals surface area contributed by atoms with Gasteiger partial charge in [0.25, 0.3) is 0 Å². The van der Waals surface area contributed by atoms with Crippen molar-refractivity contribution in [2.75, 3.05) is 13.7 Å². The van der Waals surface area contributed by atoms with Crippen LogP contribution in [0.2, 0.25) is 0 Å². The topological polar surface area (TPSA) is 88.4 Å². The Balaban J connectivity index is 1.70. The summed E-state index contributed by atoms with van der Waals surface area (Å²) in [7, 11) is 1.42. The van der Waals surface area contributed by atoms with Gasteiger partial charge in [-0.3, -0.25) is 0 Å². The molecule has 2 aromatic carbocycles. The summed E-state index contributed by atoms with van der Waals surface area (Å²) in [6.07, 6.45) is -5.42. The smallest absolute Gasteiger partial charge is 0.184 e. The molecule has 1 unspecified atom stereocenters. The van der Waals surface area contributed by atoms with Crippen LogP contribution in [0.1, 0.15) is 17.4 Å². The van der Waals surface area contributed by atoms with E-state index in [2.05, 4.69) is 0 Å². The Labute approximate surface area is 158 Å². The van der Waals surface area contributed by atoms with E-state index in [-0.39, 0.29) is 13.0 Å². The van der Waals surface area contributed by atoms with Crippen LogP contribution in [0, 0.1) is 0 Å². The van der Waals surface area contributed by atoms with Crippen molar-refractivity contribution < 1.29 is 29.5 Å². The molecule has 1 saturated heterocycles. The average molecular weight is 374 g/mol. The molecular formula is C21H26O6. The van der Waals surface area contributed by atoms with Crippen LogP contribution in [0.25, 0.3) is 0 Å². The second-order valence-corrected chi connectivity index (χ2v) is 6.69. The molecule has 0 aromatic heterocycles. The molecule has 1 fully saturated rings. The van der Waals surface area contributed by atoms with E-state index in [1.54, 1.807) is 0 Å². The highest BCUT2D eigenvalue weighted by atomic mass is 16.7. The predicted molar refractivity (Wildman–Crippen MR) is 99.0 cm³/mol. The highest BCUT2D eigenvalue weighted by molar-refractivity contribution is 5.17. The monoisotopic (exact) mass is 374 g/mol. The summed E-state index contributed by atoms with van der Waals surface area (Å²) in [6, 6.07) is 18.7. The zero-order valence-electron chi connectivity index (χ0n) is 15.2. The van der Waals surface area contributed by atoms with Crippen molar-refractivity contribution >= 4 is 0 Å². The Morgan fingerprint density at radius 1 is 1.04 bits per heavy atom. The van der Waals surface area contributed by atoms with Crippen molar-refractivity contribution in [3.8, 4) is 0 Å². The summed E-state index contributed by atoms with van der Waals surface area (Å²) in [5.41, 5.74) is 1.71. The Morgan fingerprint density at radius 3 is 2.30 bits per heavy atom. The highest BCUT2D eigenvalue weighted by Crippen LogP contribution is 2.30. The molecule has 1 heterocycles. The Hall–Kier alpha value is -1.80. The van der Waals surface area contributed by atoms with Gasteiger partial charge in [-0.15, -0.1) is 0 Å². The van der Waals surface area contributed by atoms with E-state index >= 15 is 0 Å². The van der Waals surface area contributed by atoms with Crippen LogP contribution in [0.5, 0.6) is 0 Å². The first kappa shape index (κ1) is 19.9. The molecule has 1 aliphatic rings. The molecule has 6 heteroatoms. The summed E-state index contributed by atoms with van der Waals surface area (Å²) >= 11 is 0. The maximum Gasteiger partial charge on any atom is 0.184 e. The minimum atomic E-state index is -1.23. The van der Waals surface area contributed by atoms with E-state index in [0.717, 1.165) is 11.1 Å². The normalized spacial score (nSPS) is 26.3. The van der Waals surface area contributed by atoms with Gasteiger partial charge in [0.2, 0.25) is 0 Å². The summed E-state index contributed by atoms with van der Waals surface area (Å²) in [4.78, 5) is 0. The van der Waals surface area contributed by atoms with Gasteiger partial charge in [-0.1, -0.05) is 60.7 Å². The van der Waals surface area contributed by atoms with Gasteiger partial charge in [0.15, 0.2) is 6.29 Å². The van der Waals surface area contributed by atoms with Crippen LogP contribution in [0.3, 0.4) is 0 Å². The highest BCUT2D eigenvalue weighted by Gasteiger charge is 2.42. The molecule has 6 nitrogen and oxygen atoms in total. The van der Waals surface area contributed by atoms with Gasteiger partial charge in [0, 0.05) is 19.1 Å². The molecule has 6 atom stereocenters. The van der Waals surface area contributed by atoms with Crippen LogP contribution in [-0.2, 0) is 20.6 Å².